The Morgan fingerprint density at radius 3 is 3.15 bits per heavy atom. The first-order valence-corrected chi connectivity index (χ1v) is 4.58. The molecule has 0 unspecified atom stereocenters. The normalized spacial score (nSPS) is 14.4. The molecule has 2 heteroatoms. The first kappa shape index (κ1) is 8.30. The van der Waals surface area contributed by atoms with Crippen LogP contribution in [0.15, 0.2) is 18.2 Å². The van der Waals surface area contributed by atoms with Crippen LogP contribution in [0.2, 0.25) is 0 Å². The molecular formula is C11H13NO. The number of carbonyl (C=O) groups excluding carboxylic acids is 1. The van der Waals surface area contributed by atoms with Gasteiger partial charge in [0.1, 0.15) is 6.29 Å². The number of para-hydroxylation sites is 1. The van der Waals surface area contributed by atoms with Crippen molar-refractivity contribution in [2.24, 2.45) is 0 Å². The summed E-state index contributed by atoms with van der Waals surface area (Å²) in [6.07, 6.45) is 2.62. The standard InChI is InChI=1S/C11H13NO/c1-12-7-5-9-3-2-4-10(6-8-13)11(9)12/h2-4,8H,5-7H2,1H3. The summed E-state index contributed by atoms with van der Waals surface area (Å²) in [5.74, 6) is 0. The zero-order valence-corrected chi connectivity index (χ0v) is 7.79. The van der Waals surface area contributed by atoms with E-state index in [1.807, 2.05) is 12.1 Å². The second-order valence-electron chi connectivity index (χ2n) is 3.47. The van der Waals surface area contributed by atoms with Crippen LogP contribution in [-0.2, 0) is 17.6 Å². The number of aldehydes is 1. The van der Waals surface area contributed by atoms with Crippen LogP contribution in [-0.4, -0.2) is 19.9 Å². The summed E-state index contributed by atoms with van der Waals surface area (Å²) in [6.45, 7) is 1.07. The minimum Gasteiger partial charge on any atom is -0.374 e. The number of hydrogen-bond donors (Lipinski definition) is 0. The van der Waals surface area contributed by atoms with Crippen molar-refractivity contribution in [2.75, 3.05) is 18.5 Å². The van der Waals surface area contributed by atoms with Crippen LogP contribution in [0.5, 0.6) is 0 Å². The summed E-state index contributed by atoms with van der Waals surface area (Å²) >= 11 is 0. The number of carbonyl (C=O) groups is 1. The molecule has 0 saturated heterocycles. The minimum absolute atomic E-state index is 0.535. The van der Waals surface area contributed by atoms with E-state index in [4.69, 9.17) is 0 Å². The zero-order valence-electron chi connectivity index (χ0n) is 7.79. The van der Waals surface area contributed by atoms with Gasteiger partial charge in [-0.15, -0.1) is 0 Å². The lowest BCUT2D eigenvalue weighted by Gasteiger charge is -2.15. The van der Waals surface area contributed by atoms with E-state index >= 15 is 0 Å². The smallest absolute Gasteiger partial charge is 0.124 e. The monoisotopic (exact) mass is 175 g/mol. The predicted octanol–water partition coefficient (Wildman–Crippen LogP) is 1.42. The third-order valence-corrected chi connectivity index (χ3v) is 2.60. The van der Waals surface area contributed by atoms with Crippen molar-refractivity contribution in [3.8, 4) is 0 Å². The highest BCUT2D eigenvalue weighted by atomic mass is 16.1. The van der Waals surface area contributed by atoms with Crippen molar-refractivity contribution in [3.63, 3.8) is 0 Å². The quantitative estimate of drug-likeness (QED) is 0.633. The Bertz CT molecular complexity index is 333. The molecule has 1 aliphatic heterocycles. The van der Waals surface area contributed by atoms with E-state index in [-0.39, 0.29) is 0 Å². The first-order valence-electron chi connectivity index (χ1n) is 4.58. The average molecular weight is 175 g/mol. The van der Waals surface area contributed by atoms with E-state index in [1.54, 1.807) is 0 Å². The molecule has 13 heavy (non-hydrogen) atoms. The Kier molecular flexibility index (Phi) is 2.05. The van der Waals surface area contributed by atoms with Crippen LogP contribution in [0.3, 0.4) is 0 Å². The second-order valence-corrected chi connectivity index (χ2v) is 3.47. The highest BCUT2D eigenvalue weighted by Crippen LogP contribution is 2.30. The number of anilines is 1. The largest absolute Gasteiger partial charge is 0.374 e. The van der Waals surface area contributed by atoms with Crippen LogP contribution >= 0.6 is 0 Å². The maximum absolute atomic E-state index is 10.5. The van der Waals surface area contributed by atoms with Crippen molar-refractivity contribution in [1.29, 1.82) is 0 Å². The van der Waals surface area contributed by atoms with Gasteiger partial charge in [0.15, 0.2) is 0 Å². The molecule has 0 aliphatic carbocycles. The van der Waals surface area contributed by atoms with E-state index in [2.05, 4.69) is 18.0 Å². The van der Waals surface area contributed by atoms with Gasteiger partial charge in [0.25, 0.3) is 0 Å². The molecule has 0 spiro atoms. The molecule has 0 bridgehead atoms. The van der Waals surface area contributed by atoms with Crippen molar-refractivity contribution < 1.29 is 4.79 Å². The lowest BCUT2D eigenvalue weighted by atomic mass is 10.1. The van der Waals surface area contributed by atoms with E-state index in [1.165, 1.54) is 11.3 Å². The maximum Gasteiger partial charge on any atom is 0.124 e. The molecule has 0 atom stereocenters. The van der Waals surface area contributed by atoms with Crippen LogP contribution in [0.25, 0.3) is 0 Å². The number of benzene rings is 1. The molecule has 0 amide bonds. The molecule has 1 heterocycles. The van der Waals surface area contributed by atoms with Gasteiger partial charge in [-0.25, -0.2) is 0 Å². The van der Waals surface area contributed by atoms with Crippen molar-refractivity contribution in [3.05, 3.63) is 29.3 Å². The first-order chi connectivity index (χ1) is 6.33. The topological polar surface area (TPSA) is 20.3 Å². The molecular weight excluding hydrogens is 162 g/mol. The van der Waals surface area contributed by atoms with E-state index in [9.17, 15) is 4.79 Å². The summed E-state index contributed by atoms with van der Waals surface area (Å²) in [6, 6.07) is 6.22. The number of likely N-dealkylation sites (N-methyl/N-ethyl adjacent to an activating group) is 1. The van der Waals surface area contributed by atoms with Crippen LogP contribution in [0.1, 0.15) is 11.1 Å². The fourth-order valence-electron chi connectivity index (χ4n) is 1.99. The molecule has 0 saturated carbocycles. The second kappa shape index (κ2) is 3.21. The molecule has 0 radical (unpaired) electrons. The Labute approximate surface area is 78.2 Å². The molecule has 1 aromatic carbocycles. The van der Waals surface area contributed by atoms with Gasteiger partial charge in [-0.3, -0.25) is 0 Å². The Hall–Kier alpha value is -1.31. The Morgan fingerprint density at radius 2 is 2.38 bits per heavy atom. The van der Waals surface area contributed by atoms with Gasteiger partial charge in [-0.2, -0.15) is 0 Å². The Morgan fingerprint density at radius 1 is 1.54 bits per heavy atom. The van der Waals surface area contributed by atoms with Gasteiger partial charge in [0, 0.05) is 25.7 Å². The molecule has 0 N–H and O–H groups in total. The molecule has 2 rings (SSSR count). The zero-order chi connectivity index (χ0) is 9.26. The van der Waals surface area contributed by atoms with Crippen LogP contribution in [0, 0.1) is 0 Å². The van der Waals surface area contributed by atoms with Gasteiger partial charge in [0.2, 0.25) is 0 Å². The minimum atomic E-state index is 0.535. The predicted molar refractivity (Wildman–Crippen MR) is 53.2 cm³/mol. The Balaban J connectivity index is 2.46. The van der Waals surface area contributed by atoms with Gasteiger partial charge in [-0.1, -0.05) is 18.2 Å². The highest BCUT2D eigenvalue weighted by Gasteiger charge is 2.17. The van der Waals surface area contributed by atoms with Crippen molar-refractivity contribution in [2.45, 2.75) is 12.8 Å². The maximum atomic E-state index is 10.5. The SMILES string of the molecule is CN1CCc2cccc(CC=O)c21. The number of hydrogen-bond acceptors (Lipinski definition) is 2. The fraction of sp³-hybridized carbons (Fsp3) is 0.364. The lowest BCUT2D eigenvalue weighted by Crippen LogP contribution is -2.14. The number of fused-ring (bicyclic) bond motifs is 1. The third kappa shape index (κ3) is 1.32. The van der Waals surface area contributed by atoms with E-state index in [0.29, 0.717) is 6.42 Å². The summed E-state index contributed by atoms with van der Waals surface area (Å²) < 4.78 is 0. The number of rotatable bonds is 2. The lowest BCUT2D eigenvalue weighted by molar-refractivity contribution is -0.107. The van der Waals surface area contributed by atoms with Gasteiger partial charge in [0.05, 0.1) is 0 Å². The van der Waals surface area contributed by atoms with Gasteiger partial charge >= 0.3 is 0 Å². The van der Waals surface area contributed by atoms with Gasteiger partial charge < -0.3 is 9.69 Å². The summed E-state index contributed by atoms with van der Waals surface area (Å²) in [5, 5.41) is 0. The van der Waals surface area contributed by atoms with Crippen molar-refractivity contribution in [1.82, 2.24) is 0 Å². The fourth-order valence-corrected chi connectivity index (χ4v) is 1.99. The van der Waals surface area contributed by atoms with E-state index < -0.39 is 0 Å². The van der Waals surface area contributed by atoms with Crippen LogP contribution < -0.4 is 4.90 Å². The summed E-state index contributed by atoms with van der Waals surface area (Å²) in [5.41, 5.74) is 3.81. The summed E-state index contributed by atoms with van der Waals surface area (Å²) in [4.78, 5) is 12.7. The third-order valence-electron chi connectivity index (χ3n) is 2.60. The molecule has 1 aliphatic rings. The molecule has 1 aromatic rings. The highest BCUT2D eigenvalue weighted by molar-refractivity contribution is 5.68. The van der Waals surface area contributed by atoms with Gasteiger partial charge in [-0.05, 0) is 17.5 Å². The molecule has 0 fully saturated rings. The van der Waals surface area contributed by atoms with E-state index in [0.717, 1.165) is 24.8 Å². The number of nitrogens with zero attached hydrogens (tertiary/aromatic N) is 1. The molecule has 0 aromatic heterocycles. The molecule has 2 nitrogen and oxygen atoms in total. The summed E-state index contributed by atoms with van der Waals surface area (Å²) in [7, 11) is 2.08. The molecule has 68 valence electrons. The van der Waals surface area contributed by atoms with Crippen LogP contribution in [0.4, 0.5) is 5.69 Å². The van der Waals surface area contributed by atoms with Crippen molar-refractivity contribution >= 4 is 12.0 Å². The average Bonchev–Trinajstić information content (AvgIpc) is 2.50.